The number of halogens is 1. The third kappa shape index (κ3) is 5.08. The Morgan fingerprint density at radius 1 is 1.19 bits per heavy atom. The van der Waals surface area contributed by atoms with E-state index in [4.69, 9.17) is 5.73 Å². The van der Waals surface area contributed by atoms with Crippen LogP contribution in [-0.2, 0) is 29.6 Å². The normalized spacial score (nSPS) is 23.0. The summed E-state index contributed by atoms with van der Waals surface area (Å²) in [4.78, 5) is 48.4. The lowest BCUT2D eigenvalue weighted by Crippen LogP contribution is -2.56. The molecule has 4 N–H and O–H groups in total. The van der Waals surface area contributed by atoms with Crippen molar-refractivity contribution in [3.63, 3.8) is 0 Å². The summed E-state index contributed by atoms with van der Waals surface area (Å²) in [6.07, 6.45) is 4.18. The molecule has 0 bridgehead atoms. The lowest BCUT2D eigenvalue weighted by molar-refractivity contribution is -0.138. The van der Waals surface area contributed by atoms with Crippen molar-refractivity contribution in [2.75, 3.05) is 13.6 Å². The fourth-order valence-corrected chi connectivity index (χ4v) is 5.39. The third-order valence-electron chi connectivity index (χ3n) is 5.93. The smallest absolute Gasteiger partial charge is 0.309 e. The minimum Gasteiger partial charge on any atom is -0.361 e. The molecule has 1 saturated carbocycles. The van der Waals surface area contributed by atoms with Gasteiger partial charge in [0.25, 0.3) is 5.91 Å². The molecule has 3 atom stereocenters. The molecule has 2 aromatic heterocycles. The van der Waals surface area contributed by atoms with Gasteiger partial charge in [-0.3, -0.25) is 19.1 Å². The van der Waals surface area contributed by atoms with Gasteiger partial charge in [-0.2, -0.15) is 5.10 Å². The first-order valence-corrected chi connectivity index (χ1v) is 11.1. The van der Waals surface area contributed by atoms with Gasteiger partial charge in [0.15, 0.2) is 5.01 Å². The van der Waals surface area contributed by atoms with Gasteiger partial charge in [0.05, 0.1) is 11.7 Å². The zero-order valence-electron chi connectivity index (χ0n) is 17.9. The van der Waals surface area contributed by atoms with Gasteiger partial charge >= 0.3 is 11.8 Å². The van der Waals surface area contributed by atoms with Crippen LogP contribution < -0.4 is 16.4 Å². The first-order valence-electron chi connectivity index (χ1n) is 10.2. The molecule has 1 aliphatic heterocycles. The summed E-state index contributed by atoms with van der Waals surface area (Å²) in [6, 6.07) is -0.802. The first-order chi connectivity index (χ1) is 14.8. The largest absolute Gasteiger partial charge is 0.361 e. The standard InChI is InChI=1S/C19H26N8O3S.ClH/c1-26-6-5-12-14(8-26)31-19(25-12)18(30)24-13-7-10(16-21-9-22-27(16)2)3-4-11(13)23-17(29)15(20)28;/h9-11,13H,3-8H2,1-2H3,(H2,20,28)(H,23,29)(H,24,30);1H/t10-,11-,13+;/m0./s1. The molecule has 0 saturated heterocycles. The van der Waals surface area contributed by atoms with Gasteiger partial charge in [-0.05, 0) is 26.3 Å². The van der Waals surface area contributed by atoms with E-state index in [1.807, 2.05) is 14.1 Å². The van der Waals surface area contributed by atoms with Crippen molar-refractivity contribution in [1.82, 2.24) is 35.3 Å². The first kappa shape index (κ1) is 24.1. The summed E-state index contributed by atoms with van der Waals surface area (Å²) >= 11 is 1.40. The van der Waals surface area contributed by atoms with Crippen LogP contribution in [0.25, 0.3) is 0 Å². The highest BCUT2D eigenvalue weighted by Gasteiger charge is 2.36. The second-order valence-electron chi connectivity index (χ2n) is 8.15. The zero-order chi connectivity index (χ0) is 22.1. The van der Waals surface area contributed by atoms with E-state index in [1.165, 1.54) is 17.7 Å². The number of carbonyl (C=O) groups excluding carboxylic acids is 3. The Morgan fingerprint density at radius 2 is 1.97 bits per heavy atom. The van der Waals surface area contributed by atoms with Gasteiger partial charge in [-0.1, -0.05) is 0 Å². The lowest BCUT2D eigenvalue weighted by Gasteiger charge is -2.36. The molecule has 11 nitrogen and oxygen atoms in total. The molecule has 3 heterocycles. The van der Waals surface area contributed by atoms with Gasteiger partial charge in [-0.15, -0.1) is 23.7 Å². The number of nitrogens with one attached hydrogen (secondary N) is 2. The summed E-state index contributed by atoms with van der Waals surface area (Å²) < 4.78 is 1.72. The molecule has 32 heavy (non-hydrogen) atoms. The van der Waals surface area contributed by atoms with Gasteiger partial charge in [0.1, 0.15) is 12.2 Å². The number of likely N-dealkylation sites (N-methyl/N-ethyl adjacent to an activating group) is 1. The number of aromatic nitrogens is 4. The van der Waals surface area contributed by atoms with E-state index in [2.05, 4.69) is 30.6 Å². The Bertz CT molecular complexity index is 1010. The maximum atomic E-state index is 13.0. The van der Waals surface area contributed by atoms with Gasteiger partial charge < -0.3 is 21.3 Å². The van der Waals surface area contributed by atoms with E-state index in [1.54, 1.807) is 4.68 Å². The van der Waals surface area contributed by atoms with Crippen LogP contribution in [0.2, 0.25) is 0 Å². The van der Waals surface area contributed by atoms with Crippen molar-refractivity contribution in [3.8, 4) is 0 Å². The summed E-state index contributed by atoms with van der Waals surface area (Å²) in [7, 11) is 3.87. The van der Waals surface area contributed by atoms with Gasteiger partial charge in [0, 0.05) is 43.4 Å². The molecular formula is C19H27ClN8O3S. The summed E-state index contributed by atoms with van der Waals surface area (Å²) in [5, 5.41) is 10.2. The zero-order valence-corrected chi connectivity index (χ0v) is 19.5. The Hall–Kier alpha value is -2.57. The third-order valence-corrected chi connectivity index (χ3v) is 7.02. The van der Waals surface area contributed by atoms with Crippen LogP contribution >= 0.6 is 23.7 Å². The molecular weight excluding hydrogens is 456 g/mol. The van der Waals surface area contributed by atoms with E-state index < -0.39 is 23.9 Å². The fraction of sp³-hybridized carbons (Fsp3) is 0.579. The van der Waals surface area contributed by atoms with E-state index in [-0.39, 0.29) is 24.2 Å². The summed E-state index contributed by atoms with van der Waals surface area (Å²) in [5.41, 5.74) is 6.09. The van der Waals surface area contributed by atoms with E-state index in [0.29, 0.717) is 17.8 Å². The van der Waals surface area contributed by atoms with Crippen molar-refractivity contribution >= 4 is 41.5 Å². The minimum atomic E-state index is -1.04. The quantitative estimate of drug-likeness (QED) is 0.507. The Balaban J connectivity index is 0.00000289. The number of hydrogen-bond acceptors (Lipinski definition) is 8. The molecule has 2 aromatic rings. The average molecular weight is 483 g/mol. The molecule has 3 amide bonds. The topological polar surface area (TPSA) is 148 Å². The monoisotopic (exact) mass is 482 g/mol. The molecule has 0 aromatic carbocycles. The maximum absolute atomic E-state index is 13.0. The van der Waals surface area contributed by atoms with Crippen LogP contribution in [0.1, 0.15) is 51.4 Å². The van der Waals surface area contributed by atoms with Crippen LogP contribution in [0.5, 0.6) is 0 Å². The Kier molecular flexibility index (Phi) is 7.47. The molecule has 1 fully saturated rings. The summed E-state index contributed by atoms with van der Waals surface area (Å²) in [5.74, 6) is -1.28. The van der Waals surface area contributed by atoms with Crippen molar-refractivity contribution in [3.05, 3.63) is 27.7 Å². The van der Waals surface area contributed by atoms with E-state index in [0.717, 1.165) is 42.3 Å². The maximum Gasteiger partial charge on any atom is 0.309 e. The summed E-state index contributed by atoms with van der Waals surface area (Å²) in [6.45, 7) is 1.70. The molecule has 0 spiro atoms. The fourth-order valence-electron chi connectivity index (χ4n) is 4.30. The molecule has 0 radical (unpaired) electrons. The van der Waals surface area contributed by atoms with E-state index >= 15 is 0 Å². The number of rotatable bonds is 4. The molecule has 174 valence electrons. The van der Waals surface area contributed by atoms with Gasteiger partial charge in [0.2, 0.25) is 0 Å². The number of nitrogens with two attached hydrogens (primary N) is 1. The number of thiazole rings is 1. The molecule has 1 aliphatic carbocycles. The van der Waals surface area contributed by atoms with Crippen LogP contribution in [-0.4, -0.2) is 68.0 Å². The molecule has 13 heteroatoms. The molecule has 0 unspecified atom stereocenters. The van der Waals surface area contributed by atoms with E-state index in [9.17, 15) is 14.4 Å². The average Bonchev–Trinajstić information content (AvgIpc) is 3.34. The highest BCUT2D eigenvalue weighted by molar-refractivity contribution is 7.13. The van der Waals surface area contributed by atoms with Crippen LogP contribution in [0.3, 0.4) is 0 Å². The Morgan fingerprint density at radius 3 is 2.66 bits per heavy atom. The Labute approximate surface area is 195 Å². The van der Waals surface area contributed by atoms with Crippen LogP contribution in [0.15, 0.2) is 6.33 Å². The number of fused-ring (bicyclic) bond motifs is 1. The molecule has 4 rings (SSSR count). The number of aryl methyl sites for hydroxylation is 1. The van der Waals surface area contributed by atoms with Crippen molar-refractivity contribution in [2.45, 2.75) is 50.2 Å². The predicted octanol–water partition coefficient (Wildman–Crippen LogP) is -0.282. The van der Waals surface area contributed by atoms with Crippen LogP contribution in [0.4, 0.5) is 0 Å². The number of hydrogen-bond donors (Lipinski definition) is 3. The highest BCUT2D eigenvalue weighted by Crippen LogP contribution is 2.32. The van der Waals surface area contributed by atoms with Crippen LogP contribution in [0, 0.1) is 0 Å². The second-order valence-corrected chi connectivity index (χ2v) is 9.24. The highest BCUT2D eigenvalue weighted by atomic mass is 35.5. The lowest BCUT2D eigenvalue weighted by atomic mass is 9.81. The molecule has 2 aliphatic rings. The number of amides is 3. The second kappa shape index (κ2) is 9.92. The SMILES string of the molecule is CN1CCc2nc(C(=O)N[C@@H]3C[C@@H](c4ncnn4C)CC[C@@H]3NC(=O)C(N)=O)sc2C1.Cl. The van der Waals surface area contributed by atoms with Crippen molar-refractivity contribution in [1.29, 1.82) is 0 Å². The number of carbonyl (C=O) groups is 3. The number of primary amides is 1. The minimum absolute atomic E-state index is 0. The number of nitrogens with zero attached hydrogens (tertiary/aromatic N) is 5. The van der Waals surface area contributed by atoms with Crippen molar-refractivity contribution in [2.24, 2.45) is 12.8 Å². The van der Waals surface area contributed by atoms with Gasteiger partial charge in [-0.25, -0.2) is 9.97 Å². The predicted molar refractivity (Wildman–Crippen MR) is 119 cm³/mol. The van der Waals surface area contributed by atoms with Crippen molar-refractivity contribution < 1.29 is 14.4 Å².